The van der Waals surface area contributed by atoms with Gasteiger partial charge in [-0.05, 0) is 38.1 Å². The van der Waals surface area contributed by atoms with Gasteiger partial charge in [-0.1, -0.05) is 6.08 Å². The fourth-order valence-electron chi connectivity index (χ4n) is 1.79. The van der Waals surface area contributed by atoms with Crippen LogP contribution < -0.4 is 5.32 Å². The molecular weight excluding hydrogens is 270 g/mol. The first-order chi connectivity index (χ1) is 10.0. The van der Waals surface area contributed by atoms with E-state index in [1.165, 1.54) is 6.92 Å². The fourth-order valence-corrected chi connectivity index (χ4v) is 1.79. The number of benzene rings is 1. The Morgan fingerprint density at radius 1 is 1.29 bits per heavy atom. The molecule has 1 rings (SSSR count). The highest BCUT2D eigenvalue weighted by Crippen LogP contribution is 2.15. The van der Waals surface area contributed by atoms with Gasteiger partial charge in [0, 0.05) is 17.8 Å². The summed E-state index contributed by atoms with van der Waals surface area (Å²) in [6, 6.07) is 6.56. The van der Waals surface area contributed by atoms with Crippen molar-refractivity contribution < 1.29 is 19.1 Å². The maximum Gasteiger partial charge on any atom is 0.324 e. The summed E-state index contributed by atoms with van der Waals surface area (Å²) in [7, 11) is 0. The highest BCUT2D eigenvalue weighted by molar-refractivity contribution is 6.22. The minimum absolute atomic E-state index is 0.125. The molecule has 0 aliphatic rings. The van der Waals surface area contributed by atoms with Crippen molar-refractivity contribution in [1.29, 1.82) is 0 Å². The molecule has 112 valence electrons. The van der Waals surface area contributed by atoms with Crippen LogP contribution >= 0.6 is 0 Å². The molecule has 21 heavy (non-hydrogen) atoms. The van der Waals surface area contributed by atoms with Gasteiger partial charge in [-0.2, -0.15) is 0 Å². The van der Waals surface area contributed by atoms with Crippen molar-refractivity contribution in [2.45, 2.75) is 13.8 Å². The van der Waals surface area contributed by atoms with Crippen LogP contribution in [0.2, 0.25) is 0 Å². The maximum atomic E-state index is 12.3. The number of Topliss-reactive ketones (excluding diaryl/α,β-unsaturated/α-hetero) is 2. The Labute approximate surface area is 124 Å². The maximum absolute atomic E-state index is 12.3. The Morgan fingerprint density at radius 2 is 1.90 bits per heavy atom. The van der Waals surface area contributed by atoms with Crippen LogP contribution in [0, 0.1) is 5.92 Å². The van der Waals surface area contributed by atoms with Gasteiger partial charge in [-0.15, -0.1) is 6.58 Å². The van der Waals surface area contributed by atoms with Gasteiger partial charge in [0.25, 0.3) is 0 Å². The zero-order chi connectivity index (χ0) is 15.8. The van der Waals surface area contributed by atoms with E-state index >= 15 is 0 Å². The van der Waals surface area contributed by atoms with Gasteiger partial charge in [-0.3, -0.25) is 14.4 Å². The molecule has 0 saturated heterocycles. The molecule has 0 bridgehead atoms. The van der Waals surface area contributed by atoms with E-state index in [1.54, 1.807) is 37.3 Å². The molecule has 0 radical (unpaired) electrons. The average molecular weight is 289 g/mol. The predicted octanol–water partition coefficient (Wildman–Crippen LogP) is 2.24. The topological polar surface area (TPSA) is 72.5 Å². The Hall–Kier alpha value is -2.43. The van der Waals surface area contributed by atoms with E-state index in [4.69, 9.17) is 4.74 Å². The lowest BCUT2D eigenvalue weighted by molar-refractivity contribution is -0.148. The van der Waals surface area contributed by atoms with E-state index in [1.807, 2.05) is 0 Å². The van der Waals surface area contributed by atoms with Crippen LogP contribution in [0.15, 0.2) is 36.9 Å². The van der Waals surface area contributed by atoms with E-state index in [2.05, 4.69) is 11.9 Å². The van der Waals surface area contributed by atoms with E-state index in [0.717, 1.165) is 5.69 Å². The summed E-state index contributed by atoms with van der Waals surface area (Å²) in [5.74, 6) is -3.26. The first-order valence-electron chi connectivity index (χ1n) is 6.67. The van der Waals surface area contributed by atoms with Gasteiger partial charge < -0.3 is 10.1 Å². The molecule has 0 fully saturated rings. The predicted molar refractivity (Wildman–Crippen MR) is 80.3 cm³/mol. The Bertz CT molecular complexity index is 534. The smallest absolute Gasteiger partial charge is 0.324 e. The third-order valence-electron chi connectivity index (χ3n) is 2.81. The lowest BCUT2D eigenvalue weighted by Gasteiger charge is -2.12. The molecule has 5 nitrogen and oxygen atoms in total. The number of rotatable bonds is 8. The molecular formula is C16H19NO4. The van der Waals surface area contributed by atoms with E-state index in [-0.39, 0.29) is 6.61 Å². The molecule has 0 spiro atoms. The number of esters is 1. The van der Waals surface area contributed by atoms with Gasteiger partial charge in [0.15, 0.2) is 17.5 Å². The summed E-state index contributed by atoms with van der Waals surface area (Å²) in [4.78, 5) is 35.5. The SMILES string of the molecule is C=CCNc1ccc(C(=O)C(C(C)=O)C(=O)OCC)cc1. The fraction of sp³-hybridized carbons (Fsp3) is 0.312. The Balaban J connectivity index is 2.91. The number of ketones is 2. The van der Waals surface area contributed by atoms with Gasteiger partial charge in [-0.25, -0.2) is 0 Å². The van der Waals surface area contributed by atoms with Gasteiger partial charge in [0.2, 0.25) is 0 Å². The molecule has 1 atom stereocenters. The van der Waals surface area contributed by atoms with Crippen LogP contribution in [0.5, 0.6) is 0 Å². The van der Waals surface area contributed by atoms with Gasteiger partial charge in [0.1, 0.15) is 0 Å². The molecule has 1 aromatic carbocycles. The zero-order valence-electron chi connectivity index (χ0n) is 12.2. The van der Waals surface area contributed by atoms with Crippen molar-refractivity contribution in [3.05, 3.63) is 42.5 Å². The van der Waals surface area contributed by atoms with Crippen LogP contribution in [0.3, 0.4) is 0 Å². The highest BCUT2D eigenvalue weighted by atomic mass is 16.5. The van der Waals surface area contributed by atoms with Crippen molar-refractivity contribution >= 4 is 23.2 Å². The number of hydrogen-bond acceptors (Lipinski definition) is 5. The second-order valence-corrected chi connectivity index (χ2v) is 4.41. The summed E-state index contributed by atoms with van der Waals surface area (Å²) >= 11 is 0. The summed E-state index contributed by atoms with van der Waals surface area (Å²) in [6.07, 6.45) is 1.71. The molecule has 1 aromatic rings. The lowest BCUT2D eigenvalue weighted by Crippen LogP contribution is -2.32. The molecule has 0 aliphatic carbocycles. The zero-order valence-corrected chi connectivity index (χ0v) is 12.2. The van der Waals surface area contributed by atoms with Crippen LogP contribution in [0.25, 0.3) is 0 Å². The Kier molecular flexibility index (Phi) is 6.33. The minimum Gasteiger partial charge on any atom is -0.465 e. The van der Waals surface area contributed by atoms with Crippen molar-refractivity contribution in [3.63, 3.8) is 0 Å². The molecule has 5 heteroatoms. The largest absolute Gasteiger partial charge is 0.465 e. The molecule has 0 amide bonds. The average Bonchev–Trinajstić information content (AvgIpc) is 2.45. The van der Waals surface area contributed by atoms with E-state index in [0.29, 0.717) is 12.1 Å². The monoisotopic (exact) mass is 289 g/mol. The van der Waals surface area contributed by atoms with Crippen molar-refractivity contribution in [3.8, 4) is 0 Å². The number of carbonyl (C=O) groups is 3. The molecule has 0 aliphatic heterocycles. The van der Waals surface area contributed by atoms with Crippen LogP contribution in [0.1, 0.15) is 24.2 Å². The summed E-state index contributed by atoms with van der Waals surface area (Å²) < 4.78 is 4.78. The molecule has 1 unspecified atom stereocenters. The summed E-state index contributed by atoms with van der Waals surface area (Å²) in [5.41, 5.74) is 1.12. The van der Waals surface area contributed by atoms with Crippen molar-refractivity contribution in [2.75, 3.05) is 18.5 Å². The van der Waals surface area contributed by atoms with Crippen LogP contribution in [-0.4, -0.2) is 30.7 Å². The first-order valence-corrected chi connectivity index (χ1v) is 6.67. The summed E-state index contributed by atoms with van der Waals surface area (Å²) in [5, 5.41) is 3.07. The third kappa shape index (κ3) is 4.56. The van der Waals surface area contributed by atoms with E-state index in [9.17, 15) is 14.4 Å². The van der Waals surface area contributed by atoms with Crippen LogP contribution in [0.4, 0.5) is 5.69 Å². The first kappa shape index (κ1) is 16.6. The van der Waals surface area contributed by atoms with Crippen molar-refractivity contribution in [2.24, 2.45) is 5.92 Å². The number of anilines is 1. The van der Waals surface area contributed by atoms with Crippen molar-refractivity contribution in [1.82, 2.24) is 0 Å². The summed E-state index contributed by atoms with van der Waals surface area (Å²) in [6.45, 7) is 7.16. The normalized spacial score (nSPS) is 11.3. The van der Waals surface area contributed by atoms with Gasteiger partial charge >= 0.3 is 5.97 Å². The minimum atomic E-state index is -1.39. The number of carbonyl (C=O) groups excluding carboxylic acids is 3. The number of ether oxygens (including phenoxy) is 1. The Morgan fingerprint density at radius 3 is 2.38 bits per heavy atom. The quantitative estimate of drug-likeness (QED) is 0.344. The molecule has 0 aromatic heterocycles. The van der Waals surface area contributed by atoms with Crippen LogP contribution in [-0.2, 0) is 14.3 Å². The highest BCUT2D eigenvalue weighted by Gasteiger charge is 2.33. The van der Waals surface area contributed by atoms with Gasteiger partial charge in [0.05, 0.1) is 6.61 Å². The van der Waals surface area contributed by atoms with E-state index < -0.39 is 23.5 Å². The number of hydrogen-bond donors (Lipinski definition) is 1. The molecule has 0 heterocycles. The second-order valence-electron chi connectivity index (χ2n) is 4.41. The number of nitrogens with one attached hydrogen (secondary N) is 1. The lowest BCUT2D eigenvalue weighted by atomic mass is 9.94. The third-order valence-corrected chi connectivity index (χ3v) is 2.81. The second kappa shape index (κ2) is 7.99. The molecule has 1 N–H and O–H groups in total. The standard InChI is InChI=1S/C16H19NO4/c1-4-10-17-13-8-6-12(7-9-13)15(19)14(11(3)18)16(20)21-5-2/h4,6-9,14,17H,1,5,10H2,2-3H3. The molecule has 0 saturated carbocycles.